The predicted octanol–water partition coefficient (Wildman–Crippen LogP) is 2.76. The Labute approximate surface area is 263 Å². The highest BCUT2D eigenvalue weighted by Crippen LogP contribution is 2.47. The van der Waals surface area contributed by atoms with Gasteiger partial charge in [0, 0.05) is 31.1 Å². The summed E-state index contributed by atoms with van der Waals surface area (Å²) in [5, 5.41) is 16.0. The van der Waals surface area contributed by atoms with Crippen LogP contribution in [0.5, 0.6) is 0 Å². The second kappa shape index (κ2) is 15.7. The van der Waals surface area contributed by atoms with Crippen LogP contribution in [-0.2, 0) is 34.4 Å². The van der Waals surface area contributed by atoms with Gasteiger partial charge in [-0.2, -0.15) is 0 Å². The highest BCUT2D eigenvalue weighted by molar-refractivity contribution is 8.13. The topological polar surface area (TPSA) is 187 Å². The number of hydrogen-bond acceptors (Lipinski definition) is 11. The lowest BCUT2D eigenvalue weighted by molar-refractivity contribution is -0.117. The number of aliphatic hydroxyl groups excluding tert-OH is 1. The number of alkyl halides is 1. The van der Waals surface area contributed by atoms with Crippen molar-refractivity contribution in [1.82, 2.24) is 20.0 Å². The zero-order valence-electron chi connectivity index (χ0n) is 24.8. The molecule has 0 radical (unpaired) electrons. The molecular weight excluding hydrogens is 639 g/mol. The van der Waals surface area contributed by atoms with Crippen LogP contribution in [0.3, 0.4) is 0 Å². The van der Waals surface area contributed by atoms with Crippen molar-refractivity contribution in [3.05, 3.63) is 69.0 Å². The van der Waals surface area contributed by atoms with Gasteiger partial charge in [0.15, 0.2) is 11.3 Å². The van der Waals surface area contributed by atoms with Gasteiger partial charge in [0.25, 0.3) is 5.56 Å². The molecule has 1 saturated heterocycles. The average Bonchev–Trinajstić information content (AvgIpc) is 3.20. The molecule has 0 aliphatic carbocycles. The summed E-state index contributed by atoms with van der Waals surface area (Å²) in [6, 6.07) is 10.2. The van der Waals surface area contributed by atoms with E-state index in [4.69, 9.17) is 30.1 Å². The number of aromatic nitrogens is 2. The van der Waals surface area contributed by atoms with Crippen LogP contribution in [0.2, 0.25) is 0 Å². The number of ether oxygens (including phenoxy) is 2. The maximum Gasteiger partial charge on any atom is 0.407 e. The molecule has 1 aliphatic rings. The van der Waals surface area contributed by atoms with Gasteiger partial charge in [-0.3, -0.25) is 28.2 Å². The summed E-state index contributed by atoms with van der Waals surface area (Å²) < 4.78 is 36.8. The molecule has 17 heteroatoms. The van der Waals surface area contributed by atoms with E-state index < -0.39 is 60.4 Å². The highest BCUT2D eigenvalue weighted by atomic mass is 35.5. The Morgan fingerprint density at radius 2 is 1.93 bits per heavy atom. The predicted molar refractivity (Wildman–Crippen MR) is 165 cm³/mol. The molecular formula is C27H38ClN4O10PS. The third-order valence-electron chi connectivity index (χ3n) is 6.63. The molecule has 2 aromatic rings. The monoisotopic (exact) mass is 676 g/mol. The number of amides is 1. The van der Waals surface area contributed by atoms with Gasteiger partial charge in [-0.1, -0.05) is 55.9 Å². The molecule has 3 rings (SSSR count). The van der Waals surface area contributed by atoms with Crippen molar-refractivity contribution in [2.75, 3.05) is 32.1 Å². The Morgan fingerprint density at radius 1 is 1.23 bits per heavy atom. The number of halogens is 1. The highest BCUT2D eigenvalue weighted by Gasteiger charge is 2.54. The van der Waals surface area contributed by atoms with E-state index >= 15 is 0 Å². The molecule has 1 aromatic carbocycles. The lowest BCUT2D eigenvalue weighted by Crippen LogP contribution is -2.43. The van der Waals surface area contributed by atoms with Crippen LogP contribution in [0.1, 0.15) is 39.5 Å². The molecule has 0 spiro atoms. The average molecular weight is 677 g/mol. The Kier molecular flexibility index (Phi) is 12.8. The zero-order valence-corrected chi connectivity index (χ0v) is 27.3. The number of H-pyrrole nitrogens is 1. The molecule has 1 aliphatic heterocycles. The fourth-order valence-corrected chi connectivity index (χ4v) is 6.62. The number of carbonyl (C=O) groups is 2. The first-order valence-electron chi connectivity index (χ1n) is 13.8. The van der Waals surface area contributed by atoms with E-state index in [-0.39, 0.29) is 37.2 Å². The SMILES string of the molecule is CCOC(=O)NCC(C)(C)C(=O)SCCO[P@](=O)(NCc1ccccc1)OC[C@H]1O[C@@H](n2ccc(=O)[nH]c2=O)[C@](C)(Cl)[C@@H]1O. The van der Waals surface area contributed by atoms with E-state index in [9.17, 15) is 28.8 Å². The molecule has 14 nitrogen and oxygen atoms in total. The second-order valence-corrected chi connectivity index (χ2v) is 14.4. The molecule has 0 bridgehead atoms. The van der Waals surface area contributed by atoms with Crippen LogP contribution in [0.4, 0.5) is 4.79 Å². The normalized spacial score (nSPS) is 23.2. The van der Waals surface area contributed by atoms with Crippen molar-refractivity contribution in [2.24, 2.45) is 5.41 Å². The van der Waals surface area contributed by atoms with E-state index in [0.29, 0.717) is 0 Å². The van der Waals surface area contributed by atoms with Crippen molar-refractivity contribution in [3.63, 3.8) is 0 Å². The number of carbonyl (C=O) groups excluding carboxylic acids is 2. The minimum atomic E-state index is -4.05. The lowest BCUT2D eigenvalue weighted by atomic mass is 9.96. The molecule has 244 valence electrons. The van der Waals surface area contributed by atoms with Gasteiger partial charge in [-0.05, 0) is 19.4 Å². The molecule has 5 atom stereocenters. The van der Waals surface area contributed by atoms with E-state index in [1.807, 2.05) is 30.3 Å². The minimum absolute atomic E-state index is 0.0636. The number of aromatic amines is 1. The number of nitrogens with zero attached hydrogens (tertiary/aromatic N) is 1. The van der Waals surface area contributed by atoms with E-state index in [2.05, 4.69) is 15.4 Å². The minimum Gasteiger partial charge on any atom is -0.450 e. The molecule has 0 saturated carbocycles. The van der Waals surface area contributed by atoms with Gasteiger partial charge < -0.3 is 19.9 Å². The number of rotatable bonds is 15. The number of benzene rings is 1. The third-order valence-corrected chi connectivity index (χ3v) is 9.78. The van der Waals surface area contributed by atoms with Crippen molar-refractivity contribution in [2.45, 2.75) is 57.5 Å². The fourth-order valence-electron chi connectivity index (χ4n) is 4.08. The number of nitrogens with one attached hydrogen (secondary N) is 3. The molecule has 4 N–H and O–H groups in total. The van der Waals surface area contributed by atoms with Crippen LogP contribution in [0.25, 0.3) is 0 Å². The summed E-state index contributed by atoms with van der Waals surface area (Å²) in [7, 11) is -4.05. The number of aliphatic hydroxyl groups is 1. The van der Waals surface area contributed by atoms with Crippen LogP contribution in [-0.4, -0.2) is 75.1 Å². The van der Waals surface area contributed by atoms with Crippen molar-refractivity contribution in [3.8, 4) is 0 Å². The van der Waals surface area contributed by atoms with Gasteiger partial charge >= 0.3 is 19.5 Å². The molecule has 44 heavy (non-hydrogen) atoms. The first-order chi connectivity index (χ1) is 20.7. The van der Waals surface area contributed by atoms with Gasteiger partial charge in [0.1, 0.15) is 17.1 Å². The van der Waals surface area contributed by atoms with Crippen molar-refractivity contribution in [1.29, 1.82) is 0 Å². The fraction of sp³-hybridized carbons (Fsp3) is 0.556. The molecule has 1 fully saturated rings. The largest absolute Gasteiger partial charge is 0.450 e. The van der Waals surface area contributed by atoms with Gasteiger partial charge in [0.05, 0.1) is 25.2 Å². The van der Waals surface area contributed by atoms with Crippen LogP contribution >= 0.6 is 31.1 Å². The summed E-state index contributed by atoms with van der Waals surface area (Å²) in [5.74, 6) is 0.127. The Morgan fingerprint density at radius 3 is 2.59 bits per heavy atom. The third kappa shape index (κ3) is 9.75. The van der Waals surface area contributed by atoms with E-state index in [1.54, 1.807) is 20.8 Å². The molecule has 0 unspecified atom stereocenters. The van der Waals surface area contributed by atoms with E-state index in [1.165, 1.54) is 13.1 Å². The van der Waals surface area contributed by atoms with Gasteiger partial charge in [-0.25, -0.2) is 19.2 Å². The van der Waals surface area contributed by atoms with Crippen molar-refractivity contribution < 1.29 is 37.8 Å². The van der Waals surface area contributed by atoms with Crippen LogP contribution < -0.4 is 21.7 Å². The standard InChI is InChI=1S/C27H38ClN4O10PS/c1-5-39-25(37)29-17-26(2,3)23(35)44-14-13-40-43(38,30-15-18-9-7-6-8-10-18)41-16-19-21(34)27(4,28)22(42-19)32-12-11-20(33)31-24(32)36/h6-12,19,21-22,34H,5,13-17H2,1-4H3,(H,29,37)(H,30,38)(H,31,33,36)/t19-,21-,22-,27-,43-/m1/s1. The lowest BCUT2D eigenvalue weighted by Gasteiger charge is -2.26. The summed E-state index contributed by atoms with van der Waals surface area (Å²) in [4.78, 5) is 48.8. The first-order valence-corrected chi connectivity index (χ1v) is 16.7. The van der Waals surface area contributed by atoms with Gasteiger partial charge in [-0.15, -0.1) is 11.6 Å². The number of thioether (sulfide) groups is 1. The molecule has 2 heterocycles. The Hall–Kier alpha value is -2.49. The maximum atomic E-state index is 13.8. The summed E-state index contributed by atoms with van der Waals surface area (Å²) in [6.07, 6.45) is -3.09. The smallest absolute Gasteiger partial charge is 0.407 e. The number of alkyl carbamates (subject to hydrolysis) is 1. The second-order valence-electron chi connectivity index (χ2n) is 10.7. The Bertz CT molecular complexity index is 1440. The quantitative estimate of drug-likeness (QED) is 0.123. The van der Waals surface area contributed by atoms with Crippen molar-refractivity contribution >= 4 is 42.3 Å². The number of hydrogen-bond donors (Lipinski definition) is 4. The van der Waals surface area contributed by atoms with E-state index in [0.717, 1.165) is 28.0 Å². The first kappa shape index (κ1) is 36.0. The Balaban J connectivity index is 1.63. The van der Waals surface area contributed by atoms with Gasteiger partial charge in [0.2, 0.25) is 0 Å². The molecule has 1 amide bonds. The summed E-state index contributed by atoms with van der Waals surface area (Å²) in [5.41, 5.74) is -1.50. The summed E-state index contributed by atoms with van der Waals surface area (Å²) >= 11 is 7.52. The molecule has 1 aromatic heterocycles. The van der Waals surface area contributed by atoms with Crippen LogP contribution in [0, 0.1) is 5.41 Å². The summed E-state index contributed by atoms with van der Waals surface area (Å²) in [6.45, 7) is 6.30. The maximum absolute atomic E-state index is 13.8. The van der Waals surface area contributed by atoms with Crippen LogP contribution in [0.15, 0.2) is 52.2 Å². The zero-order chi connectivity index (χ0) is 32.5.